The van der Waals surface area contributed by atoms with Crippen LogP contribution in [0, 0.1) is 0 Å². The van der Waals surface area contributed by atoms with Crippen LogP contribution >= 0.6 is 11.8 Å². The highest BCUT2D eigenvalue weighted by Crippen LogP contribution is 2.27. The monoisotopic (exact) mass is 382 g/mol. The summed E-state index contributed by atoms with van der Waals surface area (Å²) in [5.41, 5.74) is 0.464. The Labute approximate surface area is 149 Å². The molecular weight excluding hydrogens is 366 g/mol. The van der Waals surface area contributed by atoms with Crippen molar-refractivity contribution in [2.45, 2.75) is 29.4 Å². The maximum absolute atomic E-state index is 12.7. The highest BCUT2D eigenvalue weighted by atomic mass is 32.2. The summed E-state index contributed by atoms with van der Waals surface area (Å²) < 4.78 is 32.3. The zero-order valence-corrected chi connectivity index (χ0v) is 14.9. The third-order valence-electron chi connectivity index (χ3n) is 3.75. The SMILES string of the molecule is O=C([O-])CSc1nnc(-c2cccc(S(=O)(=O)N3CCCCC3)c2)o1. The van der Waals surface area contributed by atoms with Gasteiger partial charge in [-0.15, -0.1) is 10.2 Å². The zero-order chi connectivity index (χ0) is 17.9. The number of thioether (sulfide) groups is 1. The Morgan fingerprint density at radius 1 is 1.24 bits per heavy atom. The molecule has 0 unspecified atom stereocenters. The van der Waals surface area contributed by atoms with E-state index in [-0.39, 0.29) is 21.8 Å². The van der Waals surface area contributed by atoms with E-state index in [0.717, 1.165) is 31.0 Å². The minimum atomic E-state index is -3.55. The van der Waals surface area contributed by atoms with Crippen LogP contribution in [0.4, 0.5) is 0 Å². The van der Waals surface area contributed by atoms with Gasteiger partial charge in [-0.3, -0.25) is 0 Å². The standard InChI is InChI=1S/C15H17N3O5S2/c19-13(20)10-24-15-17-16-14(23-15)11-5-4-6-12(9-11)25(21,22)18-7-2-1-3-8-18/h4-6,9H,1-3,7-8,10H2,(H,19,20)/p-1. The van der Waals surface area contributed by atoms with Crippen LogP contribution in [0.2, 0.25) is 0 Å². The molecule has 0 amide bonds. The van der Waals surface area contributed by atoms with Crippen LogP contribution in [0.15, 0.2) is 38.8 Å². The number of carbonyl (C=O) groups is 1. The average Bonchev–Trinajstić information content (AvgIpc) is 3.10. The summed E-state index contributed by atoms with van der Waals surface area (Å²) >= 11 is 0.848. The topological polar surface area (TPSA) is 116 Å². The maximum Gasteiger partial charge on any atom is 0.277 e. The summed E-state index contributed by atoms with van der Waals surface area (Å²) in [7, 11) is -3.55. The van der Waals surface area contributed by atoms with Crippen molar-refractivity contribution in [3.8, 4) is 11.5 Å². The summed E-state index contributed by atoms with van der Waals surface area (Å²) in [6.45, 7) is 1.05. The van der Waals surface area contributed by atoms with Crippen LogP contribution in [0.1, 0.15) is 19.3 Å². The van der Waals surface area contributed by atoms with Gasteiger partial charge in [0.25, 0.3) is 5.22 Å². The molecule has 0 bridgehead atoms. The van der Waals surface area contributed by atoms with E-state index >= 15 is 0 Å². The Hall–Kier alpha value is -1.91. The minimum absolute atomic E-state index is 0.0866. The molecule has 1 aromatic heterocycles. The molecule has 0 saturated carbocycles. The molecule has 1 aliphatic rings. The van der Waals surface area contributed by atoms with Gasteiger partial charge < -0.3 is 14.3 Å². The average molecular weight is 382 g/mol. The second-order valence-corrected chi connectivity index (χ2v) is 8.39. The third-order valence-corrected chi connectivity index (χ3v) is 6.44. The van der Waals surface area contributed by atoms with Crippen LogP contribution < -0.4 is 5.11 Å². The van der Waals surface area contributed by atoms with Crippen molar-refractivity contribution in [3.05, 3.63) is 24.3 Å². The van der Waals surface area contributed by atoms with Crippen molar-refractivity contribution < 1.29 is 22.7 Å². The van der Waals surface area contributed by atoms with Crippen LogP contribution in [0.5, 0.6) is 0 Å². The van der Waals surface area contributed by atoms with Gasteiger partial charge in [0, 0.05) is 24.4 Å². The second-order valence-electron chi connectivity index (χ2n) is 5.53. The lowest BCUT2D eigenvalue weighted by molar-refractivity contribution is -0.301. The van der Waals surface area contributed by atoms with Gasteiger partial charge in [0.05, 0.1) is 10.9 Å². The predicted molar refractivity (Wildman–Crippen MR) is 88.1 cm³/mol. The van der Waals surface area contributed by atoms with Gasteiger partial charge in [-0.05, 0) is 31.0 Å². The number of piperidine rings is 1. The molecule has 25 heavy (non-hydrogen) atoms. The number of rotatable bonds is 6. The number of benzene rings is 1. The highest BCUT2D eigenvalue weighted by Gasteiger charge is 2.26. The molecule has 1 saturated heterocycles. The number of hydrogen-bond donors (Lipinski definition) is 0. The molecule has 1 fully saturated rings. The lowest BCUT2D eigenvalue weighted by atomic mass is 10.2. The molecule has 2 heterocycles. The van der Waals surface area contributed by atoms with Crippen molar-refractivity contribution in [2.24, 2.45) is 0 Å². The first-order valence-corrected chi connectivity index (χ1v) is 10.2. The number of hydrogen-bond acceptors (Lipinski definition) is 8. The third kappa shape index (κ3) is 4.20. The first-order chi connectivity index (χ1) is 12.0. The maximum atomic E-state index is 12.7. The molecule has 0 radical (unpaired) electrons. The zero-order valence-electron chi connectivity index (χ0n) is 13.3. The quantitative estimate of drug-likeness (QED) is 0.672. The van der Waals surface area contributed by atoms with E-state index < -0.39 is 16.0 Å². The van der Waals surface area contributed by atoms with Crippen LogP contribution in [0.25, 0.3) is 11.5 Å². The van der Waals surface area contributed by atoms with Crippen LogP contribution in [0.3, 0.4) is 0 Å². The fraction of sp³-hybridized carbons (Fsp3) is 0.400. The van der Waals surface area contributed by atoms with Gasteiger partial charge in [-0.2, -0.15) is 4.31 Å². The number of carboxylic acids is 1. The molecule has 10 heteroatoms. The number of aliphatic carboxylic acids is 1. The van der Waals surface area contributed by atoms with Crippen molar-refractivity contribution in [2.75, 3.05) is 18.8 Å². The lowest BCUT2D eigenvalue weighted by Crippen LogP contribution is -2.35. The molecule has 2 aromatic rings. The van der Waals surface area contributed by atoms with Crippen molar-refractivity contribution >= 4 is 27.8 Å². The van der Waals surface area contributed by atoms with Crippen molar-refractivity contribution in [1.29, 1.82) is 0 Å². The predicted octanol–water partition coefficient (Wildman–Crippen LogP) is 0.753. The van der Waals surface area contributed by atoms with E-state index in [1.165, 1.54) is 16.4 Å². The smallest absolute Gasteiger partial charge is 0.277 e. The molecular formula is C15H16N3O5S2-. The van der Waals surface area contributed by atoms with Gasteiger partial charge >= 0.3 is 0 Å². The Kier molecular flexibility index (Phi) is 5.40. The highest BCUT2D eigenvalue weighted by molar-refractivity contribution is 7.99. The Morgan fingerprint density at radius 2 is 2.00 bits per heavy atom. The van der Waals surface area contributed by atoms with E-state index in [2.05, 4.69) is 10.2 Å². The molecule has 0 aliphatic carbocycles. The van der Waals surface area contributed by atoms with Crippen molar-refractivity contribution in [1.82, 2.24) is 14.5 Å². The summed E-state index contributed by atoms with van der Waals surface area (Å²) in [5.74, 6) is -1.40. The molecule has 3 rings (SSSR count). The van der Waals surface area contributed by atoms with E-state index in [1.807, 2.05) is 0 Å². The first kappa shape index (κ1) is 17.9. The number of carboxylic acid groups (broad SMARTS) is 1. The summed E-state index contributed by atoms with van der Waals surface area (Å²) in [6.07, 6.45) is 2.77. The van der Waals surface area contributed by atoms with E-state index in [4.69, 9.17) is 4.42 Å². The fourth-order valence-corrected chi connectivity index (χ4v) is 4.59. The van der Waals surface area contributed by atoms with Gasteiger partial charge in [0.15, 0.2) is 0 Å². The summed E-state index contributed by atoms with van der Waals surface area (Å²) in [4.78, 5) is 10.6. The second kappa shape index (κ2) is 7.54. The molecule has 1 aromatic carbocycles. The number of aromatic nitrogens is 2. The number of sulfonamides is 1. The van der Waals surface area contributed by atoms with Crippen LogP contribution in [-0.2, 0) is 14.8 Å². The number of nitrogens with zero attached hydrogens (tertiary/aromatic N) is 3. The normalized spacial score (nSPS) is 16.0. The molecule has 134 valence electrons. The van der Waals surface area contributed by atoms with Gasteiger partial charge in [-0.1, -0.05) is 24.2 Å². The first-order valence-electron chi connectivity index (χ1n) is 7.73. The molecule has 1 aliphatic heterocycles. The minimum Gasteiger partial charge on any atom is -0.549 e. The molecule has 0 atom stereocenters. The van der Waals surface area contributed by atoms with Crippen molar-refractivity contribution in [3.63, 3.8) is 0 Å². The van der Waals surface area contributed by atoms with Crippen LogP contribution in [-0.4, -0.2) is 47.7 Å². The van der Waals surface area contributed by atoms with Gasteiger partial charge in [0.2, 0.25) is 15.9 Å². The van der Waals surface area contributed by atoms with E-state index in [9.17, 15) is 18.3 Å². The lowest BCUT2D eigenvalue weighted by Gasteiger charge is -2.25. The molecule has 0 N–H and O–H groups in total. The molecule has 0 spiro atoms. The van der Waals surface area contributed by atoms with Gasteiger partial charge in [0.1, 0.15) is 0 Å². The Morgan fingerprint density at radius 3 is 2.72 bits per heavy atom. The van der Waals surface area contributed by atoms with E-state index in [0.29, 0.717) is 18.7 Å². The van der Waals surface area contributed by atoms with E-state index in [1.54, 1.807) is 12.1 Å². The summed E-state index contributed by atoms with van der Waals surface area (Å²) in [6, 6.07) is 6.31. The fourth-order valence-electron chi connectivity index (χ4n) is 2.55. The Bertz CT molecular complexity index is 860. The summed E-state index contributed by atoms with van der Waals surface area (Å²) in [5, 5.41) is 18.1. The molecule has 8 nitrogen and oxygen atoms in total. The number of carbonyl (C=O) groups excluding carboxylic acids is 1. The Balaban J connectivity index is 1.83. The van der Waals surface area contributed by atoms with Gasteiger partial charge in [-0.25, -0.2) is 8.42 Å². The largest absolute Gasteiger partial charge is 0.549 e.